The van der Waals surface area contributed by atoms with Crippen molar-refractivity contribution in [2.24, 2.45) is 0 Å². The number of hydrogen-bond acceptors (Lipinski definition) is 6. The number of hydrogen-bond donors (Lipinski definition) is 0. The Balaban J connectivity index is 1.38. The molecular formula is C21H23N5S. The molecule has 1 saturated heterocycles. The van der Waals surface area contributed by atoms with E-state index in [9.17, 15) is 0 Å². The Morgan fingerprint density at radius 3 is 2.59 bits per heavy atom. The van der Waals surface area contributed by atoms with Crippen LogP contribution < -0.4 is 4.90 Å². The summed E-state index contributed by atoms with van der Waals surface area (Å²) in [7, 11) is 0. The third-order valence-electron chi connectivity index (χ3n) is 5.46. The zero-order valence-corrected chi connectivity index (χ0v) is 16.2. The molecule has 0 bridgehead atoms. The lowest BCUT2D eigenvalue weighted by atomic mass is 10.1. The van der Waals surface area contributed by atoms with Crippen LogP contribution in [0.4, 0.5) is 5.82 Å². The smallest absolute Gasteiger partial charge is 0.161 e. The van der Waals surface area contributed by atoms with Gasteiger partial charge in [-0.25, -0.2) is 15.0 Å². The Bertz CT molecular complexity index is 902. The van der Waals surface area contributed by atoms with Crippen LogP contribution in [0.5, 0.6) is 0 Å². The van der Waals surface area contributed by atoms with Crippen LogP contribution in [0, 0.1) is 0 Å². The molecule has 0 N–H and O–H groups in total. The van der Waals surface area contributed by atoms with E-state index in [2.05, 4.69) is 44.4 Å². The molecule has 3 aromatic rings. The summed E-state index contributed by atoms with van der Waals surface area (Å²) in [5.41, 5.74) is 3.74. The lowest BCUT2D eigenvalue weighted by molar-refractivity contribution is 0.249. The van der Waals surface area contributed by atoms with Gasteiger partial charge in [-0.1, -0.05) is 30.3 Å². The number of fused-ring (bicyclic) bond motifs is 1. The van der Waals surface area contributed by atoms with E-state index in [4.69, 9.17) is 9.97 Å². The summed E-state index contributed by atoms with van der Waals surface area (Å²) >= 11 is 1.74. The van der Waals surface area contributed by atoms with Crippen molar-refractivity contribution >= 4 is 17.2 Å². The molecule has 27 heavy (non-hydrogen) atoms. The van der Waals surface area contributed by atoms with Crippen molar-refractivity contribution < 1.29 is 0 Å². The van der Waals surface area contributed by atoms with Crippen LogP contribution in [0.2, 0.25) is 0 Å². The summed E-state index contributed by atoms with van der Waals surface area (Å²) in [5.74, 6) is 2.04. The lowest BCUT2D eigenvalue weighted by Gasteiger charge is -2.36. The lowest BCUT2D eigenvalue weighted by Crippen LogP contribution is -2.46. The van der Waals surface area contributed by atoms with Gasteiger partial charge < -0.3 is 4.90 Å². The minimum atomic E-state index is 0.872. The van der Waals surface area contributed by atoms with Crippen LogP contribution in [0.15, 0.2) is 41.9 Å². The number of aryl methyl sites for hydroxylation is 1. The van der Waals surface area contributed by atoms with Gasteiger partial charge in [-0.2, -0.15) is 0 Å². The molecule has 1 aliphatic heterocycles. The molecule has 2 aromatic heterocycles. The molecule has 5 nitrogen and oxygen atoms in total. The molecule has 0 unspecified atom stereocenters. The fourth-order valence-corrected chi connectivity index (χ4v) is 4.69. The average molecular weight is 378 g/mol. The van der Waals surface area contributed by atoms with E-state index in [1.165, 1.54) is 28.5 Å². The molecule has 2 aliphatic rings. The number of nitrogens with zero attached hydrogens (tertiary/aromatic N) is 5. The Hall–Kier alpha value is -2.31. The minimum Gasteiger partial charge on any atom is -0.354 e. The topological polar surface area (TPSA) is 45.2 Å². The minimum absolute atomic E-state index is 0.872. The van der Waals surface area contributed by atoms with E-state index in [-0.39, 0.29) is 0 Å². The molecule has 0 saturated carbocycles. The maximum Gasteiger partial charge on any atom is 0.161 e. The molecule has 0 amide bonds. The van der Waals surface area contributed by atoms with Crippen molar-refractivity contribution in [1.29, 1.82) is 0 Å². The van der Waals surface area contributed by atoms with Crippen molar-refractivity contribution in [1.82, 2.24) is 19.9 Å². The average Bonchev–Trinajstić information content (AvgIpc) is 3.40. The first-order valence-corrected chi connectivity index (χ1v) is 10.6. The van der Waals surface area contributed by atoms with Crippen molar-refractivity contribution in [3.8, 4) is 11.4 Å². The second-order valence-corrected chi connectivity index (χ2v) is 8.18. The van der Waals surface area contributed by atoms with Crippen LogP contribution in [0.25, 0.3) is 11.4 Å². The van der Waals surface area contributed by atoms with Gasteiger partial charge in [0.2, 0.25) is 0 Å². The first-order chi connectivity index (χ1) is 13.4. The number of piperazine rings is 1. The van der Waals surface area contributed by atoms with E-state index in [0.717, 1.165) is 57.0 Å². The second-order valence-electron chi connectivity index (χ2n) is 7.20. The molecule has 0 spiro atoms. The monoisotopic (exact) mass is 377 g/mol. The molecule has 6 heteroatoms. The van der Waals surface area contributed by atoms with E-state index < -0.39 is 0 Å². The van der Waals surface area contributed by atoms with Gasteiger partial charge in [0.25, 0.3) is 0 Å². The van der Waals surface area contributed by atoms with Crippen LogP contribution in [0.1, 0.15) is 22.7 Å². The van der Waals surface area contributed by atoms with E-state index in [1.807, 2.05) is 12.3 Å². The van der Waals surface area contributed by atoms with Gasteiger partial charge in [0, 0.05) is 54.6 Å². The zero-order valence-electron chi connectivity index (χ0n) is 15.3. The molecule has 5 rings (SSSR count). The predicted molar refractivity (Wildman–Crippen MR) is 109 cm³/mol. The molecule has 1 aromatic carbocycles. The fraction of sp³-hybridized carbons (Fsp3) is 0.381. The fourth-order valence-electron chi connectivity index (χ4n) is 4.03. The quantitative estimate of drug-likeness (QED) is 0.697. The Morgan fingerprint density at radius 1 is 0.963 bits per heavy atom. The van der Waals surface area contributed by atoms with Crippen LogP contribution in [0.3, 0.4) is 0 Å². The molecule has 3 heterocycles. The highest BCUT2D eigenvalue weighted by Crippen LogP contribution is 2.32. The van der Waals surface area contributed by atoms with Gasteiger partial charge in [-0.15, -0.1) is 11.3 Å². The maximum absolute atomic E-state index is 5.03. The standard InChI is InChI=1S/C21H23N5S/c1-2-5-16(6-3-1)20-23-18-8-4-7-17(18)21(24-20)26-12-10-25(11-13-26)15-19-22-9-14-27-19/h1-3,5-6,9,14H,4,7-8,10-13,15H2. The summed E-state index contributed by atoms with van der Waals surface area (Å²) in [4.78, 5) is 19.3. The molecule has 138 valence electrons. The van der Waals surface area contributed by atoms with Crippen molar-refractivity contribution in [2.75, 3.05) is 31.1 Å². The molecule has 1 aliphatic carbocycles. The predicted octanol–water partition coefficient (Wildman–Crippen LogP) is 3.41. The summed E-state index contributed by atoms with van der Waals surface area (Å²) in [5, 5.41) is 3.26. The number of rotatable bonds is 4. The van der Waals surface area contributed by atoms with Crippen LogP contribution in [-0.2, 0) is 19.4 Å². The van der Waals surface area contributed by atoms with Crippen molar-refractivity contribution in [2.45, 2.75) is 25.8 Å². The highest BCUT2D eigenvalue weighted by Gasteiger charge is 2.26. The van der Waals surface area contributed by atoms with E-state index >= 15 is 0 Å². The summed E-state index contributed by atoms with van der Waals surface area (Å²) < 4.78 is 0. The summed E-state index contributed by atoms with van der Waals surface area (Å²) in [6.45, 7) is 5.10. The summed E-state index contributed by atoms with van der Waals surface area (Å²) in [6.07, 6.45) is 5.28. The molecule has 0 atom stereocenters. The molecule has 1 fully saturated rings. The highest BCUT2D eigenvalue weighted by molar-refractivity contribution is 7.09. The van der Waals surface area contributed by atoms with E-state index in [1.54, 1.807) is 11.3 Å². The largest absolute Gasteiger partial charge is 0.354 e. The van der Waals surface area contributed by atoms with Gasteiger partial charge in [0.1, 0.15) is 10.8 Å². The first-order valence-electron chi connectivity index (χ1n) is 9.68. The number of thiazole rings is 1. The van der Waals surface area contributed by atoms with Crippen LogP contribution >= 0.6 is 11.3 Å². The number of benzene rings is 1. The number of anilines is 1. The van der Waals surface area contributed by atoms with Crippen molar-refractivity contribution in [3.63, 3.8) is 0 Å². The zero-order chi connectivity index (χ0) is 18.1. The Kier molecular flexibility index (Phi) is 4.59. The molecule has 0 radical (unpaired) electrons. The van der Waals surface area contributed by atoms with Gasteiger partial charge in [0.05, 0.1) is 6.54 Å². The Morgan fingerprint density at radius 2 is 1.81 bits per heavy atom. The van der Waals surface area contributed by atoms with Crippen molar-refractivity contribution in [3.05, 3.63) is 58.2 Å². The van der Waals surface area contributed by atoms with E-state index in [0.29, 0.717) is 0 Å². The third-order valence-corrected chi connectivity index (χ3v) is 6.22. The van der Waals surface area contributed by atoms with Gasteiger partial charge >= 0.3 is 0 Å². The van der Waals surface area contributed by atoms with Crippen LogP contribution in [-0.4, -0.2) is 46.0 Å². The second kappa shape index (κ2) is 7.37. The van der Waals surface area contributed by atoms with Gasteiger partial charge in [-0.05, 0) is 19.3 Å². The Labute approximate surface area is 163 Å². The normalized spacial score (nSPS) is 17.3. The highest BCUT2D eigenvalue weighted by atomic mass is 32.1. The SMILES string of the molecule is c1ccc(-c2nc3c(c(N4CCN(Cc5nccs5)CC4)n2)CCC3)cc1. The maximum atomic E-state index is 5.03. The van der Waals surface area contributed by atoms with Gasteiger partial charge in [-0.3, -0.25) is 4.90 Å². The third kappa shape index (κ3) is 3.47. The van der Waals surface area contributed by atoms with Gasteiger partial charge in [0.15, 0.2) is 5.82 Å². The molecular weight excluding hydrogens is 354 g/mol. The number of aromatic nitrogens is 3. The first kappa shape index (κ1) is 16.8. The summed E-state index contributed by atoms with van der Waals surface area (Å²) in [6, 6.07) is 10.4.